The topological polar surface area (TPSA) is 114 Å². The van der Waals surface area contributed by atoms with Gasteiger partial charge in [-0.15, -0.1) is 0 Å². The molecule has 0 aromatic heterocycles. The molecule has 3 N–H and O–H groups in total. The van der Waals surface area contributed by atoms with Crippen LogP contribution in [0.5, 0.6) is 0 Å². The normalized spacial score (nSPS) is 21.9. The van der Waals surface area contributed by atoms with E-state index in [-0.39, 0.29) is 37.3 Å². The monoisotopic (exact) mass is 464 g/mol. The van der Waals surface area contributed by atoms with E-state index in [9.17, 15) is 14.4 Å². The number of alkyl carbamates (subject to hydrolysis) is 1. The number of aliphatic carboxylic acids is 1. The first-order valence-corrected chi connectivity index (χ1v) is 11.7. The molecule has 2 aliphatic carbocycles. The molecule has 8 heteroatoms. The van der Waals surface area contributed by atoms with Crippen LogP contribution >= 0.6 is 0 Å². The lowest BCUT2D eigenvalue weighted by Gasteiger charge is -2.22. The van der Waals surface area contributed by atoms with Gasteiger partial charge in [-0.25, -0.2) is 4.79 Å². The van der Waals surface area contributed by atoms with Crippen molar-refractivity contribution < 1.29 is 29.0 Å². The Bertz CT molecular complexity index is 1070. The van der Waals surface area contributed by atoms with E-state index in [1.807, 2.05) is 24.3 Å². The molecule has 34 heavy (non-hydrogen) atoms. The van der Waals surface area contributed by atoms with E-state index in [1.54, 1.807) is 0 Å². The average molecular weight is 465 g/mol. The highest BCUT2D eigenvalue weighted by Crippen LogP contribution is 2.44. The highest BCUT2D eigenvalue weighted by Gasteiger charge is 2.48. The van der Waals surface area contributed by atoms with Crippen molar-refractivity contribution in [1.82, 2.24) is 10.6 Å². The molecule has 1 aliphatic heterocycles. The summed E-state index contributed by atoms with van der Waals surface area (Å²) in [6.45, 7) is 0.893. The van der Waals surface area contributed by atoms with Crippen molar-refractivity contribution in [2.24, 2.45) is 5.92 Å². The second-order valence-electron chi connectivity index (χ2n) is 9.39. The van der Waals surface area contributed by atoms with E-state index in [4.69, 9.17) is 14.6 Å². The number of benzene rings is 2. The fraction of sp³-hybridized carbons (Fsp3) is 0.423. The molecule has 0 spiro atoms. The van der Waals surface area contributed by atoms with Crippen LogP contribution in [0.1, 0.15) is 42.7 Å². The zero-order valence-corrected chi connectivity index (χ0v) is 18.8. The third kappa shape index (κ3) is 4.50. The number of carboxylic acid groups (broad SMARTS) is 1. The summed E-state index contributed by atoms with van der Waals surface area (Å²) in [7, 11) is 0. The number of carbonyl (C=O) groups is 3. The van der Waals surface area contributed by atoms with Gasteiger partial charge in [0.2, 0.25) is 5.91 Å². The molecular weight excluding hydrogens is 436 g/mol. The van der Waals surface area contributed by atoms with Gasteiger partial charge in [0, 0.05) is 25.0 Å². The molecular formula is C26H28N2O6. The zero-order chi connectivity index (χ0) is 23.7. The molecule has 2 aromatic carbocycles. The zero-order valence-electron chi connectivity index (χ0n) is 18.8. The molecule has 2 fully saturated rings. The number of rotatable bonds is 8. The molecule has 0 bridgehead atoms. The molecule has 3 aliphatic rings. The SMILES string of the molecule is O=C(O)CC1(NC(=O)C2OCCC2CNC(=O)OCC2c3ccccc3-c3ccccc32)CC1. The lowest BCUT2D eigenvalue weighted by atomic mass is 9.98. The van der Waals surface area contributed by atoms with Crippen LogP contribution in [0.25, 0.3) is 11.1 Å². The number of ether oxygens (including phenoxy) is 2. The van der Waals surface area contributed by atoms with E-state index < -0.39 is 23.7 Å². The van der Waals surface area contributed by atoms with E-state index in [2.05, 4.69) is 34.9 Å². The molecule has 2 unspecified atom stereocenters. The van der Waals surface area contributed by atoms with Crippen molar-refractivity contribution in [3.63, 3.8) is 0 Å². The maximum Gasteiger partial charge on any atom is 0.407 e. The van der Waals surface area contributed by atoms with Gasteiger partial charge in [0.1, 0.15) is 12.7 Å². The molecule has 1 heterocycles. The number of hydrogen-bond acceptors (Lipinski definition) is 5. The summed E-state index contributed by atoms with van der Waals surface area (Å²) < 4.78 is 11.2. The van der Waals surface area contributed by atoms with Crippen LogP contribution in [-0.4, -0.2) is 54.5 Å². The van der Waals surface area contributed by atoms with Crippen LogP contribution < -0.4 is 10.6 Å². The largest absolute Gasteiger partial charge is 0.481 e. The molecule has 8 nitrogen and oxygen atoms in total. The maximum atomic E-state index is 12.7. The predicted molar refractivity (Wildman–Crippen MR) is 123 cm³/mol. The van der Waals surface area contributed by atoms with Crippen LogP contribution in [0.15, 0.2) is 48.5 Å². The fourth-order valence-electron chi connectivity index (χ4n) is 5.12. The molecule has 2 amide bonds. The second kappa shape index (κ2) is 9.10. The molecule has 178 valence electrons. The van der Waals surface area contributed by atoms with E-state index in [1.165, 1.54) is 11.1 Å². The van der Waals surface area contributed by atoms with Crippen molar-refractivity contribution in [2.75, 3.05) is 19.8 Å². The summed E-state index contributed by atoms with van der Waals surface area (Å²) in [6.07, 6.45) is 0.612. The van der Waals surface area contributed by atoms with Gasteiger partial charge >= 0.3 is 12.1 Å². The standard InChI is InChI=1S/C26H28N2O6/c29-22(30)13-26(10-11-26)28-24(31)23-16(9-12-33-23)14-27-25(32)34-15-21-19-7-3-1-5-17(19)18-6-2-4-8-20(18)21/h1-8,16,21,23H,9-15H2,(H,27,32)(H,28,31)(H,29,30). The fourth-order valence-corrected chi connectivity index (χ4v) is 5.12. The minimum atomic E-state index is -0.932. The van der Waals surface area contributed by atoms with Crippen LogP contribution in [0.2, 0.25) is 0 Å². The Morgan fingerprint density at radius 2 is 1.68 bits per heavy atom. The van der Waals surface area contributed by atoms with Gasteiger partial charge in [-0.05, 0) is 41.5 Å². The molecule has 5 rings (SSSR count). The summed E-state index contributed by atoms with van der Waals surface area (Å²) >= 11 is 0. The van der Waals surface area contributed by atoms with Gasteiger partial charge in [0.25, 0.3) is 0 Å². The molecule has 0 radical (unpaired) electrons. The first-order chi connectivity index (χ1) is 16.5. The van der Waals surface area contributed by atoms with Gasteiger partial charge in [-0.2, -0.15) is 0 Å². The first kappa shape index (κ1) is 22.4. The Morgan fingerprint density at radius 3 is 2.29 bits per heavy atom. The second-order valence-corrected chi connectivity index (χ2v) is 9.39. The molecule has 2 atom stereocenters. The van der Waals surface area contributed by atoms with Gasteiger partial charge in [-0.1, -0.05) is 48.5 Å². The van der Waals surface area contributed by atoms with E-state index in [0.29, 0.717) is 25.9 Å². The summed E-state index contributed by atoms with van der Waals surface area (Å²) in [5.74, 6) is -1.45. The van der Waals surface area contributed by atoms with Gasteiger partial charge < -0.3 is 25.2 Å². The highest BCUT2D eigenvalue weighted by atomic mass is 16.5. The minimum absolute atomic E-state index is 0.0181. The van der Waals surface area contributed by atoms with E-state index in [0.717, 1.165) is 11.1 Å². The van der Waals surface area contributed by atoms with Gasteiger partial charge in [0.15, 0.2) is 0 Å². The third-order valence-corrected chi connectivity index (χ3v) is 7.06. The van der Waals surface area contributed by atoms with E-state index >= 15 is 0 Å². The van der Waals surface area contributed by atoms with Crippen LogP contribution in [0, 0.1) is 5.92 Å². The summed E-state index contributed by atoms with van der Waals surface area (Å²) in [6, 6.07) is 16.3. The molecule has 1 saturated heterocycles. The van der Waals surface area contributed by atoms with Crippen molar-refractivity contribution in [3.8, 4) is 11.1 Å². The Morgan fingerprint density at radius 1 is 1.03 bits per heavy atom. The molecule has 2 aromatic rings. The Hall–Kier alpha value is -3.39. The average Bonchev–Trinajstić information content (AvgIpc) is 3.27. The number of carbonyl (C=O) groups excluding carboxylic acids is 2. The summed E-state index contributed by atoms with van der Waals surface area (Å²) in [4.78, 5) is 36.2. The minimum Gasteiger partial charge on any atom is -0.481 e. The Kier molecular flexibility index (Phi) is 6.00. The number of amides is 2. The third-order valence-electron chi connectivity index (χ3n) is 7.06. The lowest BCUT2D eigenvalue weighted by molar-refractivity contribution is -0.138. The Balaban J connectivity index is 1.14. The van der Waals surface area contributed by atoms with Crippen molar-refractivity contribution >= 4 is 18.0 Å². The van der Waals surface area contributed by atoms with Crippen molar-refractivity contribution in [2.45, 2.75) is 43.2 Å². The summed E-state index contributed by atoms with van der Waals surface area (Å²) in [5, 5.41) is 14.7. The number of hydrogen-bond donors (Lipinski definition) is 3. The van der Waals surface area contributed by atoms with Crippen LogP contribution in [-0.2, 0) is 19.1 Å². The number of carboxylic acids is 1. The van der Waals surface area contributed by atoms with Gasteiger partial charge in [-0.3, -0.25) is 9.59 Å². The maximum absolute atomic E-state index is 12.7. The van der Waals surface area contributed by atoms with Crippen molar-refractivity contribution in [1.29, 1.82) is 0 Å². The smallest absolute Gasteiger partial charge is 0.407 e. The van der Waals surface area contributed by atoms with Crippen LogP contribution in [0.4, 0.5) is 4.79 Å². The number of nitrogens with one attached hydrogen (secondary N) is 2. The van der Waals surface area contributed by atoms with Gasteiger partial charge in [0.05, 0.1) is 12.0 Å². The quantitative estimate of drug-likeness (QED) is 0.553. The lowest BCUT2D eigenvalue weighted by Crippen LogP contribution is -2.47. The predicted octanol–water partition coefficient (Wildman–Crippen LogP) is 3.05. The van der Waals surface area contributed by atoms with Crippen LogP contribution in [0.3, 0.4) is 0 Å². The highest BCUT2D eigenvalue weighted by molar-refractivity contribution is 5.84. The van der Waals surface area contributed by atoms with Crippen molar-refractivity contribution in [3.05, 3.63) is 59.7 Å². The number of fused-ring (bicyclic) bond motifs is 3. The Labute approximate surface area is 197 Å². The molecule has 1 saturated carbocycles. The summed E-state index contributed by atoms with van der Waals surface area (Å²) in [5.41, 5.74) is 3.97. The first-order valence-electron chi connectivity index (χ1n) is 11.7.